The molecule has 0 fully saturated rings. The van der Waals surface area contributed by atoms with Crippen LogP contribution in [0.1, 0.15) is 31.9 Å². The van der Waals surface area contributed by atoms with Crippen molar-refractivity contribution in [2.45, 2.75) is 78.1 Å². The number of fused-ring (bicyclic) bond motifs is 1. The highest BCUT2D eigenvalue weighted by Crippen LogP contribution is 2.24. The molecule has 0 aliphatic carbocycles. The Balaban J connectivity index is 2.19. The Bertz CT molecular complexity index is 896. The van der Waals surface area contributed by atoms with Gasteiger partial charge in [-0.1, -0.05) is 25.7 Å². The van der Waals surface area contributed by atoms with Crippen LogP contribution in [-0.4, -0.2) is 58.4 Å². The Labute approximate surface area is 180 Å². The fraction of sp³-hybridized carbons (Fsp3) is 0.591. The average Bonchev–Trinajstić information content (AvgIpc) is 2.99. The van der Waals surface area contributed by atoms with Crippen LogP contribution in [0.4, 0.5) is 4.79 Å². The molecule has 7 nitrogen and oxygen atoms in total. The lowest BCUT2D eigenvalue weighted by molar-refractivity contribution is -0.113. The quantitative estimate of drug-likeness (QED) is 0.356. The summed E-state index contributed by atoms with van der Waals surface area (Å²) >= 11 is 0. The third kappa shape index (κ3) is 6.40. The molecule has 0 aliphatic rings. The van der Waals surface area contributed by atoms with E-state index >= 15 is 0 Å². The minimum Gasteiger partial charge on any atom is -0.465 e. The van der Waals surface area contributed by atoms with E-state index in [0.717, 1.165) is 34.7 Å². The maximum atomic E-state index is 11.7. The molecule has 8 heteroatoms. The number of aryl methyl sites for hydroxylation is 1. The van der Waals surface area contributed by atoms with Crippen molar-refractivity contribution in [3.8, 4) is 0 Å². The van der Waals surface area contributed by atoms with Gasteiger partial charge in [0.1, 0.15) is 13.0 Å². The molecule has 0 radical (unpaired) electrons. The Morgan fingerprint density at radius 1 is 1.33 bits per heavy atom. The molecule has 1 aromatic carbocycles. The van der Waals surface area contributed by atoms with Gasteiger partial charge in [0.25, 0.3) is 0 Å². The first-order chi connectivity index (χ1) is 13.8. The number of hydrogen-bond donors (Lipinski definition) is 1. The monoisotopic (exact) mass is 433 g/mol. The van der Waals surface area contributed by atoms with Crippen molar-refractivity contribution in [1.82, 2.24) is 14.7 Å². The van der Waals surface area contributed by atoms with E-state index in [1.807, 2.05) is 25.3 Å². The van der Waals surface area contributed by atoms with Crippen molar-refractivity contribution in [2.24, 2.45) is 0 Å². The predicted octanol–water partition coefficient (Wildman–Crippen LogP) is 4.55. The molecule has 30 heavy (non-hydrogen) atoms. The Hall–Kier alpha value is -2.19. The molecule has 0 aliphatic heterocycles. The minimum absolute atomic E-state index is 0.321. The van der Waals surface area contributed by atoms with Gasteiger partial charge in [-0.2, -0.15) is 5.10 Å². The first kappa shape index (κ1) is 24.1. The average molecular weight is 434 g/mol. The van der Waals surface area contributed by atoms with E-state index in [-0.39, 0.29) is 0 Å². The summed E-state index contributed by atoms with van der Waals surface area (Å²) in [5.74, 6) is 0. The van der Waals surface area contributed by atoms with Crippen LogP contribution < -0.4 is 0 Å². The topological polar surface area (TPSA) is 84.7 Å². The molecule has 1 unspecified atom stereocenters. The number of hydrogen-bond acceptors (Lipinski definition) is 4. The molecule has 2 rings (SSSR count). The van der Waals surface area contributed by atoms with Crippen molar-refractivity contribution in [3.63, 3.8) is 0 Å². The molecule has 1 atom stereocenters. The van der Waals surface area contributed by atoms with Gasteiger partial charge >= 0.3 is 6.09 Å². The maximum absolute atomic E-state index is 11.7. The van der Waals surface area contributed by atoms with E-state index in [1.54, 1.807) is 25.5 Å². The van der Waals surface area contributed by atoms with Crippen molar-refractivity contribution in [3.05, 3.63) is 29.5 Å². The van der Waals surface area contributed by atoms with E-state index in [1.165, 1.54) is 4.90 Å². The van der Waals surface area contributed by atoms with Gasteiger partial charge in [0.05, 0.1) is 11.6 Å². The second kappa shape index (κ2) is 9.30. The molecule has 0 bridgehead atoms. The number of rotatable bonds is 9. The van der Waals surface area contributed by atoms with Crippen molar-refractivity contribution in [2.75, 3.05) is 6.61 Å². The van der Waals surface area contributed by atoms with Gasteiger partial charge in [-0.3, -0.25) is 4.90 Å². The van der Waals surface area contributed by atoms with Crippen molar-refractivity contribution >= 4 is 31.4 Å². The zero-order valence-electron chi connectivity index (χ0n) is 19.2. The van der Waals surface area contributed by atoms with E-state index in [2.05, 4.69) is 24.7 Å². The van der Waals surface area contributed by atoms with E-state index in [9.17, 15) is 14.7 Å². The largest absolute Gasteiger partial charge is 0.465 e. The van der Waals surface area contributed by atoms with Crippen LogP contribution in [0, 0.1) is 6.92 Å². The summed E-state index contributed by atoms with van der Waals surface area (Å²) in [6.45, 7) is 15.4. The molecule has 0 saturated heterocycles. The predicted molar refractivity (Wildman–Crippen MR) is 122 cm³/mol. The smallest absolute Gasteiger partial charge is 0.408 e. The molecular formula is C22H35N3O4Si. The zero-order valence-corrected chi connectivity index (χ0v) is 20.2. The van der Waals surface area contributed by atoms with Crippen LogP contribution in [0.2, 0.25) is 25.7 Å². The number of nitrogens with zero attached hydrogens (tertiary/aromatic N) is 3. The van der Waals surface area contributed by atoms with Crippen LogP contribution in [0.5, 0.6) is 0 Å². The van der Waals surface area contributed by atoms with Gasteiger partial charge in [-0.25, -0.2) is 9.48 Å². The third-order valence-corrected chi connectivity index (χ3v) is 6.69. The molecule has 2 aromatic rings. The van der Waals surface area contributed by atoms with Gasteiger partial charge in [0.15, 0.2) is 0 Å². The number of benzene rings is 1. The number of aldehydes is 1. The molecule has 0 saturated carbocycles. The number of carbonyl (C=O) groups excluding carboxylic acids is 1. The number of carbonyl (C=O) groups is 2. The Kier molecular flexibility index (Phi) is 7.47. The molecule has 1 N–H and O–H groups in total. The Morgan fingerprint density at radius 2 is 2.00 bits per heavy atom. The number of carboxylic acid groups (broad SMARTS) is 1. The molecular weight excluding hydrogens is 398 g/mol. The van der Waals surface area contributed by atoms with Crippen LogP contribution in [-0.2, 0) is 22.7 Å². The van der Waals surface area contributed by atoms with Crippen LogP contribution in [0.25, 0.3) is 10.9 Å². The second-order valence-corrected chi connectivity index (χ2v) is 15.7. The molecule has 166 valence electrons. The van der Waals surface area contributed by atoms with E-state index in [0.29, 0.717) is 19.4 Å². The van der Waals surface area contributed by atoms with E-state index < -0.39 is 25.7 Å². The molecule has 0 spiro atoms. The highest BCUT2D eigenvalue weighted by Gasteiger charge is 2.33. The highest BCUT2D eigenvalue weighted by molar-refractivity contribution is 6.76. The van der Waals surface area contributed by atoms with Crippen molar-refractivity contribution in [1.29, 1.82) is 0 Å². The lowest BCUT2D eigenvalue weighted by Gasteiger charge is -2.37. The molecule has 1 heterocycles. The highest BCUT2D eigenvalue weighted by atomic mass is 28.3. The summed E-state index contributed by atoms with van der Waals surface area (Å²) in [4.78, 5) is 24.7. The Morgan fingerprint density at radius 3 is 2.53 bits per heavy atom. The van der Waals surface area contributed by atoms with Crippen LogP contribution >= 0.6 is 0 Å². The lowest BCUT2D eigenvalue weighted by Crippen LogP contribution is -2.52. The van der Waals surface area contributed by atoms with E-state index in [4.69, 9.17) is 4.74 Å². The summed E-state index contributed by atoms with van der Waals surface area (Å²) in [6.07, 6.45) is 1.88. The normalized spacial score (nSPS) is 13.4. The SMILES string of the molecule is Cc1cc(CC(C=O)N(C(=O)O)C(C)(C)C)cc2cn(COCC[Si](C)(C)C)nc12. The number of aromatic nitrogens is 2. The molecule has 1 aromatic heterocycles. The zero-order chi connectivity index (χ0) is 22.7. The lowest BCUT2D eigenvalue weighted by atomic mass is 9.97. The minimum atomic E-state index is -1.12. The van der Waals surface area contributed by atoms with Crippen LogP contribution in [0.15, 0.2) is 18.3 Å². The van der Waals surface area contributed by atoms with Gasteiger partial charge in [0.2, 0.25) is 0 Å². The van der Waals surface area contributed by atoms with Gasteiger partial charge in [-0.15, -0.1) is 0 Å². The first-order valence-electron chi connectivity index (χ1n) is 10.3. The van der Waals surface area contributed by atoms with Crippen LogP contribution in [0.3, 0.4) is 0 Å². The summed E-state index contributed by atoms with van der Waals surface area (Å²) in [5.41, 5.74) is 2.12. The summed E-state index contributed by atoms with van der Waals surface area (Å²) in [7, 11) is -1.12. The van der Waals surface area contributed by atoms with Gasteiger partial charge in [0, 0.05) is 31.8 Å². The van der Waals surface area contributed by atoms with Gasteiger partial charge < -0.3 is 14.6 Å². The second-order valence-electron chi connectivity index (χ2n) is 10.1. The maximum Gasteiger partial charge on any atom is 0.408 e. The summed E-state index contributed by atoms with van der Waals surface area (Å²) in [6, 6.07) is 4.31. The molecule has 1 amide bonds. The summed E-state index contributed by atoms with van der Waals surface area (Å²) in [5, 5.41) is 15.2. The number of ether oxygens (including phenoxy) is 1. The third-order valence-electron chi connectivity index (χ3n) is 4.99. The summed E-state index contributed by atoms with van der Waals surface area (Å²) < 4.78 is 7.58. The van der Waals surface area contributed by atoms with Gasteiger partial charge in [-0.05, 0) is 57.4 Å². The number of amides is 1. The van der Waals surface area contributed by atoms with Crippen molar-refractivity contribution < 1.29 is 19.4 Å². The fourth-order valence-electron chi connectivity index (χ4n) is 3.53. The fourth-order valence-corrected chi connectivity index (χ4v) is 4.28. The first-order valence-corrected chi connectivity index (χ1v) is 14.0. The standard InChI is InChI=1S/C22H35N3O4Si/c1-16-10-17(12-19(14-26)25(21(27)28)22(2,3)4)11-18-13-24(23-20(16)18)15-29-8-9-30(5,6)7/h10-11,13-14,19H,8-9,12,15H2,1-7H3,(H,27,28).